The van der Waals surface area contributed by atoms with Crippen LogP contribution in [-0.2, 0) is 4.74 Å². The quantitative estimate of drug-likeness (QED) is 0.738. The Bertz CT molecular complexity index is 258. The molecule has 1 aromatic rings. The van der Waals surface area contributed by atoms with Crippen molar-refractivity contribution in [2.75, 3.05) is 14.2 Å². The van der Waals surface area contributed by atoms with Crippen LogP contribution in [0.15, 0.2) is 18.2 Å². The lowest BCUT2D eigenvalue weighted by Crippen LogP contribution is -1.91. The van der Waals surface area contributed by atoms with E-state index in [1.807, 2.05) is 0 Å². The van der Waals surface area contributed by atoms with Gasteiger partial charge in [0.15, 0.2) is 18.1 Å². The molecule has 0 bridgehead atoms. The van der Waals surface area contributed by atoms with Crippen LogP contribution in [0.1, 0.15) is 5.56 Å². The van der Waals surface area contributed by atoms with Gasteiger partial charge in [-0.1, -0.05) is 12.1 Å². The molecule has 3 nitrogen and oxygen atoms in total. The summed E-state index contributed by atoms with van der Waals surface area (Å²) in [6.07, 6.45) is 0. The molecule has 0 unspecified atom stereocenters. The van der Waals surface area contributed by atoms with Gasteiger partial charge in [0, 0.05) is 12.7 Å². The summed E-state index contributed by atoms with van der Waals surface area (Å²) in [5, 5.41) is 9.30. The molecule has 0 heterocycles. The van der Waals surface area contributed by atoms with Crippen LogP contribution < -0.4 is 4.74 Å². The summed E-state index contributed by atoms with van der Waals surface area (Å²) < 4.78 is 9.62. The molecule has 3 heteroatoms. The lowest BCUT2D eigenvalue weighted by atomic mass is 10.2. The smallest absolute Gasteiger partial charge is 0.169 e. The zero-order valence-corrected chi connectivity index (χ0v) is 7.00. The van der Waals surface area contributed by atoms with Crippen LogP contribution in [0.5, 0.6) is 11.5 Å². The summed E-state index contributed by atoms with van der Waals surface area (Å²) in [7, 11) is 2.97. The molecular weight excluding hydrogens is 156 g/mol. The molecule has 64 valence electrons. The van der Waals surface area contributed by atoms with Gasteiger partial charge in [0.1, 0.15) is 0 Å². The molecule has 0 aliphatic carbocycles. The molecule has 0 atom stereocenters. The number of aromatic hydroxyl groups is 1. The molecule has 1 aromatic carbocycles. The summed E-state index contributed by atoms with van der Waals surface area (Å²) in [6.45, 7) is 2.58. The highest BCUT2D eigenvalue weighted by Crippen LogP contribution is 2.30. The average Bonchev–Trinajstić information content (AvgIpc) is 2.05. The largest absolute Gasteiger partial charge is 0.504 e. The van der Waals surface area contributed by atoms with Gasteiger partial charge >= 0.3 is 0 Å². The molecule has 0 saturated carbocycles. The van der Waals surface area contributed by atoms with E-state index in [0.717, 1.165) is 0 Å². The number of hydrogen-bond donors (Lipinski definition) is 1. The van der Waals surface area contributed by atoms with Gasteiger partial charge in [-0.2, -0.15) is 0 Å². The Morgan fingerprint density at radius 1 is 1.33 bits per heavy atom. The monoisotopic (exact) mass is 166 g/mol. The molecule has 2 radical (unpaired) electrons. The molecule has 0 aliphatic heterocycles. The fraction of sp³-hybridized carbons (Fsp3) is 0.222. The van der Waals surface area contributed by atoms with E-state index in [1.165, 1.54) is 14.2 Å². The number of para-hydroxylation sites is 1. The molecule has 0 saturated heterocycles. The summed E-state index contributed by atoms with van der Waals surface area (Å²) >= 11 is 0. The highest BCUT2D eigenvalue weighted by atomic mass is 16.5. The second-order valence-corrected chi connectivity index (χ2v) is 2.16. The molecule has 1 rings (SSSR count). The number of phenols is 1. The number of rotatable bonds is 3. The molecule has 12 heavy (non-hydrogen) atoms. The Kier molecular flexibility index (Phi) is 2.94. The first-order chi connectivity index (χ1) is 5.79. The molecule has 0 fully saturated rings. The van der Waals surface area contributed by atoms with Crippen molar-refractivity contribution in [3.05, 3.63) is 30.4 Å². The standard InChI is InChI=1S/C9H10O3/c1-11-6-7-4-3-5-8(10)9(7)12-2/h3-5,10H,1-2H3. The first-order valence-electron chi connectivity index (χ1n) is 3.44. The Morgan fingerprint density at radius 3 is 2.67 bits per heavy atom. The number of methoxy groups -OCH3 is 2. The average molecular weight is 166 g/mol. The van der Waals surface area contributed by atoms with E-state index in [-0.39, 0.29) is 5.75 Å². The zero-order valence-electron chi connectivity index (χ0n) is 7.00. The molecule has 0 aliphatic rings. The maximum Gasteiger partial charge on any atom is 0.169 e. The minimum Gasteiger partial charge on any atom is -0.504 e. The highest BCUT2D eigenvalue weighted by molar-refractivity contribution is 5.47. The van der Waals surface area contributed by atoms with Crippen LogP contribution in [0.3, 0.4) is 0 Å². The second-order valence-electron chi connectivity index (χ2n) is 2.16. The zero-order chi connectivity index (χ0) is 8.97. The Morgan fingerprint density at radius 2 is 2.08 bits per heavy atom. The maximum absolute atomic E-state index is 9.30. The van der Waals surface area contributed by atoms with E-state index < -0.39 is 0 Å². The van der Waals surface area contributed by atoms with Gasteiger partial charge in [-0.25, -0.2) is 0 Å². The van der Waals surface area contributed by atoms with E-state index in [9.17, 15) is 5.11 Å². The van der Waals surface area contributed by atoms with Crippen LogP contribution in [0.2, 0.25) is 0 Å². The minimum absolute atomic E-state index is 0.0829. The third-order valence-electron chi connectivity index (χ3n) is 1.41. The summed E-state index contributed by atoms with van der Waals surface area (Å²) in [5.41, 5.74) is 0.597. The van der Waals surface area contributed by atoms with E-state index >= 15 is 0 Å². The topological polar surface area (TPSA) is 38.7 Å². The van der Waals surface area contributed by atoms with Crippen LogP contribution in [0, 0.1) is 6.61 Å². The first kappa shape index (κ1) is 8.87. The lowest BCUT2D eigenvalue weighted by molar-refractivity contribution is 0.285. The molecule has 0 spiro atoms. The number of ether oxygens (including phenoxy) is 2. The van der Waals surface area contributed by atoms with Gasteiger partial charge in [0.2, 0.25) is 0 Å². The summed E-state index contributed by atoms with van der Waals surface area (Å²) in [5.74, 6) is 0.457. The fourth-order valence-electron chi connectivity index (χ4n) is 0.930. The van der Waals surface area contributed by atoms with Crippen molar-refractivity contribution in [3.8, 4) is 11.5 Å². The van der Waals surface area contributed by atoms with Gasteiger partial charge in [0.25, 0.3) is 0 Å². The molecule has 1 N–H and O–H groups in total. The van der Waals surface area contributed by atoms with Crippen molar-refractivity contribution < 1.29 is 14.6 Å². The fourth-order valence-corrected chi connectivity index (χ4v) is 0.930. The minimum atomic E-state index is 0.0829. The van der Waals surface area contributed by atoms with Crippen molar-refractivity contribution in [1.82, 2.24) is 0 Å². The van der Waals surface area contributed by atoms with E-state index in [1.54, 1.807) is 18.2 Å². The third-order valence-corrected chi connectivity index (χ3v) is 1.41. The SMILES string of the molecule is CO[C]c1cccc(O)c1OC. The van der Waals surface area contributed by atoms with Crippen LogP contribution in [-0.4, -0.2) is 19.3 Å². The van der Waals surface area contributed by atoms with Gasteiger partial charge in [-0.3, -0.25) is 0 Å². The Hall–Kier alpha value is -1.22. The predicted octanol–water partition coefficient (Wildman–Crippen LogP) is 1.43. The predicted molar refractivity (Wildman–Crippen MR) is 44.0 cm³/mol. The van der Waals surface area contributed by atoms with Crippen LogP contribution in [0.25, 0.3) is 0 Å². The van der Waals surface area contributed by atoms with Crippen molar-refractivity contribution in [3.63, 3.8) is 0 Å². The van der Waals surface area contributed by atoms with Gasteiger partial charge in [-0.05, 0) is 6.07 Å². The van der Waals surface area contributed by atoms with Crippen LogP contribution in [0.4, 0.5) is 0 Å². The van der Waals surface area contributed by atoms with Crippen molar-refractivity contribution >= 4 is 0 Å². The highest BCUT2D eigenvalue weighted by Gasteiger charge is 2.07. The summed E-state index contributed by atoms with van der Waals surface area (Å²) in [4.78, 5) is 0. The van der Waals surface area contributed by atoms with Gasteiger partial charge < -0.3 is 14.6 Å². The van der Waals surface area contributed by atoms with Gasteiger partial charge in [0.05, 0.1) is 7.11 Å². The maximum atomic E-state index is 9.30. The Labute approximate surface area is 71.5 Å². The van der Waals surface area contributed by atoms with Gasteiger partial charge in [-0.15, -0.1) is 0 Å². The van der Waals surface area contributed by atoms with E-state index in [2.05, 4.69) is 11.3 Å². The summed E-state index contributed by atoms with van der Waals surface area (Å²) in [6, 6.07) is 4.97. The van der Waals surface area contributed by atoms with Crippen LogP contribution >= 0.6 is 0 Å². The molecule has 0 aromatic heterocycles. The Balaban J connectivity index is 3.00. The first-order valence-corrected chi connectivity index (χ1v) is 3.44. The number of benzene rings is 1. The molecule has 0 amide bonds. The number of phenolic OH excluding ortho intramolecular Hbond substituents is 1. The normalized spacial score (nSPS) is 9.83. The second kappa shape index (κ2) is 3.97. The van der Waals surface area contributed by atoms with Crippen molar-refractivity contribution in [2.24, 2.45) is 0 Å². The van der Waals surface area contributed by atoms with E-state index in [4.69, 9.17) is 4.74 Å². The number of hydrogen-bond acceptors (Lipinski definition) is 3. The van der Waals surface area contributed by atoms with E-state index in [0.29, 0.717) is 11.3 Å². The third kappa shape index (κ3) is 1.68. The molecular formula is C9H10O3. The van der Waals surface area contributed by atoms with Crippen molar-refractivity contribution in [2.45, 2.75) is 0 Å². The van der Waals surface area contributed by atoms with Crippen molar-refractivity contribution in [1.29, 1.82) is 0 Å². The lowest BCUT2D eigenvalue weighted by Gasteiger charge is -2.07.